The molecule has 0 aliphatic carbocycles. The Bertz CT molecular complexity index is 335. The molecule has 17 heavy (non-hydrogen) atoms. The van der Waals surface area contributed by atoms with Gasteiger partial charge in [-0.05, 0) is 23.6 Å². The van der Waals surface area contributed by atoms with Crippen LogP contribution in [0.4, 0.5) is 0 Å². The maximum Gasteiger partial charge on any atom is 0.0918 e. The summed E-state index contributed by atoms with van der Waals surface area (Å²) < 4.78 is 0. The Morgan fingerprint density at radius 2 is 2.06 bits per heavy atom. The maximum absolute atomic E-state index is 7.29. The summed E-state index contributed by atoms with van der Waals surface area (Å²) in [5, 5.41) is 7.29. The first-order valence-corrected chi connectivity index (χ1v) is 6.02. The molecular formula is C13H22N4. The fourth-order valence-corrected chi connectivity index (χ4v) is 1.78. The number of nitrogens with two attached hydrogens (primary N) is 1. The predicted octanol–water partition coefficient (Wildman–Crippen LogP) is 1.87. The van der Waals surface area contributed by atoms with Gasteiger partial charge in [-0.25, -0.2) is 0 Å². The normalized spacial score (nSPS) is 11.1. The molecule has 1 aromatic rings. The Kier molecular flexibility index (Phi) is 5.63. The van der Waals surface area contributed by atoms with Crippen molar-refractivity contribution in [3.05, 3.63) is 30.1 Å². The molecule has 0 aliphatic rings. The minimum Gasteiger partial charge on any atom is -0.388 e. The third-order valence-electron chi connectivity index (χ3n) is 2.48. The first-order valence-electron chi connectivity index (χ1n) is 6.02. The number of amidine groups is 1. The highest BCUT2D eigenvalue weighted by Gasteiger charge is 2.08. The Morgan fingerprint density at radius 3 is 2.59 bits per heavy atom. The van der Waals surface area contributed by atoms with Gasteiger partial charge in [0.25, 0.3) is 0 Å². The van der Waals surface area contributed by atoms with Crippen LogP contribution in [0, 0.1) is 11.3 Å². The SMILES string of the molecule is CC(C)CN(CCC(=N)N)Cc1ccncc1. The number of pyridine rings is 1. The highest BCUT2D eigenvalue weighted by Crippen LogP contribution is 2.07. The third-order valence-corrected chi connectivity index (χ3v) is 2.48. The third kappa shape index (κ3) is 6.02. The zero-order valence-corrected chi connectivity index (χ0v) is 10.7. The van der Waals surface area contributed by atoms with E-state index >= 15 is 0 Å². The van der Waals surface area contributed by atoms with Crippen LogP contribution in [-0.4, -0.2) is 28.8 Å². The van der Waals surface area contributed by atoms with Crippen molar-refractivity contribution >= 4 is 5.84 Å². The predicted molar refractivity (Wildman–Crippen MR) is 70.9 cm³/mol. The minimum absolute atomic E-state index is 0.258. The van der Waals surface area contributed by atoms with Crippen LogP contribution in [0.15, 0.2) is 24.5 Å². The lowest BCUT2D eigenvalue weighted by Gasteiger charge is -2.24. The van der Waals surface area contributed by atoms with Crippen LogP contribution >= 0.6 is 0 Å². The molecule has 94 valence electrons. The van der Waals surface area contributed by atoms with Gasteiger partial charge in [0.05, 0.1) is 5.84 Å². The van der Waals surface area contributed by atoms with Crippen molar-refractivity contribution in [1.82, 2.24) is 9.88 Å². The zero-order valence-electron chi connectivity index (χ0n) is 10.7. The van der Waals surface area contributed by atoms with Crippen molar-refractivity contribution in [1.29, 1.82) is 5.41 Å². The quantitative estimate of drug-likeness (QED) is 0.559. The van der Waals surface area contributed by atoms with E-state index in [4.69, 9.17) is 11.1 Å². The topological polar surface area (TPSA) is 66.0 Å². The Balaban J connectivity index is 2.53. The molecule has 4 nitrogen and oxygen atoms in total. The molecule has 1 heterocycles. The first-order chi connectivity index (χ1) is 8.08. The lowest BCUT2D eigenvalue weighted by atomic mass is 10.1. The fourth-order valence-electron chi connectivity index (χ4n) is 1.78. The summed E-state index contributed by atoms with van der Waals surface area (Å²) >= 11 is 0. The van der Waals surface area contributed by atoms with Gasteiger partial charge in [0, 0.05) is 38.4 Å². The lowest BCUT2D eigenvalue weighted by molar-refractivity contribution is 0.242. The molecule has 0 saturated carbocycles. The van der Waals surface area contributed by atoms with E-state index in [1.807, 2.05) is 24.5 Å². The molecule has 0 saturated heterocycles. The molecule has 0 bridgehead atoms. The molecule has 0 spiro atoms. The second-order valence-corrected chi connectivity index (χ2v) is 4.76. The second-order valence-electron chi connectivity index (χ2n) is 4.76. The molecule has 0 amide bonds. The maximum atomic E-state index is 7.29. The standard InChI is InChI=1S/C13H22N4/c1-11(2)9-17(8-5-13(14)15)10-12-3-6-16-7-4-12/h3-4,6-7,11H,5,8-10H2,1-2H3,(H3,14,15). The Labute approximate surface area is 103 Å². The number of aromatic nitrogens is 1. The number of hydrogen-bond donors (Lipinski definition) is 2. The van der Waals surface area contributed by atoms with Crippen molar-refractivity contribution in [3.63, 3.8) is 0 Å². The molecule has 0 aliphatic heterocycles. The lowest BCUT2D eigenvalue weighted by Crippen LogP contribution is -2.30. The minimum atomic E-state index is 0.258. The van der Waals surface area contributed by atoms with E-state index in [-0.39, 0.29) is 5.84 Å². The van der Waals surface area contributed by atoms with Crippen LogP contribution in [-0.2, 0) is 6.54 Å². The fraction of sp³-hybridized carbons (Fsp3) is 0.538. The zero-order chi connectivity index (χ0) is 12.7. The van der Waals surface area contributed by atoms with Crippen molar-refractivity contribution < 1.29 is 0 Å². The van der Waals surface area contributed by atoms with Crippen molar-refractivity contribution in [2.24, 2.45) is 11.7 Å². The van der Waals surface area contributed by atoms with Crippen LogP contribution in [0.3, 0.4) is 0 Å². The van der Waals surface area contributed by atoms with Gasteiger partial charge in [-0.3, -0.25) is 15.3 Å². The van der Waals surface area contributed by atoms with Gasteiger partial charge in [-0.2, -0.15) is 0 Å². The monoisotopic (exact) mass is 234 g/mol. The van der Waals surface area contributed by atoms with Crippen molar-refractivity contribution in [3.8, 4) is 0 Å². The molecule has 1 aromatic heterocycles. The van der Waals surface area contributed by atoms with Crippen LogP contribution in [0.25, 0.3) is 0 Å². The molecule has 4 heteroatoms. The summed E-state index contributed by atoms with van der Waals surface area (Å²) in [6.45, 7) is 7.17. The van der Waals surface area contributed by atoms with Gasteiger partial charge in [0.2, 0.25) is 0 Å². The van der Waals surface area contributed by atoms with Gasteiger partial charge in [0.1, 0.15) is 0 Å². The first kappa shape index (κ1) is 13.6. The highest BCUT2D eigenvalue weighted by molar-refractivity contribution is 5.76. The smallest absolute Gasteiger partial charge is 0.0918 e. The molecule has 3 N–H and O–H groups in total. The van der Waals surface area contributed by atoms with E-state index < -0.39 is 0 Å². The summed E-state index contributed by atoms with van der Waals surface area (Å²) in [6, 6.07) is 4.06. The van der Waals surface area contributed by atoms with E-state index in [0.717, 1.165) is 19.6 Å². The summed E-state index contributed by atoms with van der Waals surface area (Å²) in [5.74, 6) is 0.872. The van der Waals surface area contributed by atoms with E-state index in [0.29, 0.717) is 12.3 Å². The number of nitrogens with zero attached hydrogens (tertiary/aromatic N) is 2. The molecule has 1 rings (SSSR count). The molecule has 0 atom stereocenters. The van der Waals surface area contributed by atoms with Gasteiger partial charge < -0.3 is 5.73 Å². The molecule has 0 radical (unpaired) electrons. The Hall–Kier alpha value is -1.42. The molecule has 0 fully saturated rings. The molecular weight excluding hydrogens is 212 g/mol. The number of nitrogens with one attached hydrogen (secondary N) is 1. The van der Waals surface area contributed by atoms with Gasteiger partial charge >= 0.3 is 0 Å². The van der Waals surface area contributed by atoms with E-state index in [1.54, 1.807) is 0 Å². The summed E-state index contributed by atoms with van der Waals surface area (Å²) in [5.41, 5.74) is 6.67. The van der Waals surface area contributed by atoms with Crippen LogP contribution in [0.2, 0.25) is 0 Å². The largest absolute Gasteiger partial charge is 0.388 e. The van der Waals surface area contributed by atoms with Crippen molar-refractivity contribution in [2.45, 2.75) is 26.8 Å². The van der Waals surface area contributed by atoms with E-state index in [9.17, 15) is 0 Å². The average molecular weight is 234 g/mol. The Morgan fingerprint density at radius 1 is 1.41 bits per heavy atom. The number of hydrogen-bond acceptors (Lipinski definition) is 3. The van der Waals surface area contributed by atoms with Gasteiger partial charge in [0.15, 0.2) is 0 Å². The summed E-state index contributed by atoms with van der Waals surface area (Å²) in [6.07, 6.45) is 4.26. The second kappa shape index (κ2) is 7.01. The van der Waals surface area contributed by atoms with Gasteiger partial charge in [-0.1, -0.05) is 13.8 Å². The van der Waals surface area contributed by atoms with E-state index in [1.165, 1.54) is 5.56 Å². The van der Waals surface area contributed by atoms with Crippen LogP contribution in [0.5, 0.6) is 0 Å². The summed E-state index contributed by atoms with van der Waals surface area (Å²) in [7, 11) is 0. The van der Waals surface area contributed by atoms with Crippen LogP contribution in [0.1, 0.15) is 25.8 Å². The summed E-state index contributed by atoms with van der Waals surface area (Å²) in [4.78, 5) is 6.35. The molecule has 0 aromatic carbocycles. The van der Waals surface area contributed by atoms with E-state index in [2.05, 4.69) is 23.7 Å². The molecule has 0 unspecified atom stereocenters. The average Bonchev–Trinajstić information content (AvgIpc) is 2.26. The van der Waals surface area contributed by atoms with Crippen molar-refractivity contribution in [2.75, 3.05) is 13.1 Å². The van der Waals surface area contributed by atoms with Crippen LogP contribution < -0.4 is 5.73 Å². The van der Waals surface area contributed by atoms with Gasteiger partial charge in [-0.15, -0.1) is 0 Å². The highest BCUT2D eigenvalue weighted by atomic mass is 15.1. The number of rotatable bonds is 7.